The number of thiazole rings is 1. The number of anilines is 1. The van der Waals surface area contributed by atoms with Gasteiger partial charge in [-0.05, 0) is 18.7 Å². The lowest BCUT2D eigenvalue weighted by molar-refractivity contribution is -0.387. The molecule has 0 saturated heterocycles. The molecule has 2 rings (SSSR count). The van der Waals surface area contributed by atoms with Crippen molar-refractivity contribution in [2.45, 2.75) is 16.3 Å². The fourth-order valence-corrected chi connectivity index (χ4v) is 2.91. The number of nitrogens with two attached hydrogens (primary N) is 1. The number of aromatic nitrogens is 3. The van der Waals surface area contributed by atoms with Gasteiger partial charge in [-0.1, -0.05) is 0 Å². The van der Waals surface area contributed by atoms with E-state index in [4.69, 9.17) is 5.73 Å². The van der Waals surface area contributed by atoms with Gasteiger partial charge in [0.1, 0.15) is 6.33 Å². The second kappa shape index (κ2) is 4.63. The number of nitro groups is 1. The first-order valence-corrected chi connectivity index (χ1v) is 6.12. The molecule has 2 heterocycles. The van der Waals surface area contributed by atoms with Crippen molar-refractivity contribution in [3.05, 3.63) is 27.5 Å². The molecule has 0 aliphatic rings. The molecule has 0 radical (unpaired) electrons. The molecule has 88 valence electrons. The molecule has 0 unspecified atom stereocenters. The Labute approximate surface area is 104 Å². The van der Waals surface area contributed by atoms with Crippen molar-refractivity contribution in [3.63, 3.8) is 0 Å². The second-order valence-corrected chi connectivity index (χ2v) is 5.12. The molecule has 7 nitrogen and oxygen atoms in total. The van der Waals surface area contributed by atoms with E-state index in [1.165, 1.54) is 17.7 Å². The van der Waals surface area contributed by atoms with E-state index in [-0.39, 0.29) is 16.5 Å². The maximum Gasteiger partial charge on any atom is 0.343 e. The van der Waals surface area contributed by atoms with E-state index >= 15 is 0 Å². The number of rotatable bonds is 3. The van der Waals surface area contributed by atoms with E-state index in [9.17, 15) is 10.1 Å². The normalized spacial score (nSPS) is 10.4. The highest BCUT2D eigenvalue weighted by Crippen LogP contribution is 2.36. The smallest absolute Gasteiger partial charge is 0.343 e. The highest BCUT2D eigenvalue weighted by Gasteiger charge is 2.22. The maximum atomic E-state index is 10.9. The average Bonchev–Trinajstić information content (AvgIpc) is 2.63. The summed E-state index contributed by atoms with van der Waals surface area (Å²) in [6.07, 6.45) is 1.20. The Kier molecular flexibility index (Phi) is 3.20. The van der Waals surface area contributed by atoms with Crippen LogP contribution in [0.1, 0.15) is 5.69 Å². The van der Waals surface area contributed by atoms with E-state index < -0.39 is 4.92 Å². The van der Waals surface area contributed by atoms with Crippen LogP contribution in [0, 0.1) is 17.0 Å². The van der Waals surface area contributed by atoms with Gasteiger partial charge in [0.2, 0.25) is 5.82 Å². The van der Waals surface area contributed by atoms with E-state index in [0.29, 0.717) is 4.34 Å². The summed E-state index contributed by atoms with van der Waals surface area (Å²) < 4.78 is 0.684. The zero-order valence-electron chi connectivity index (χ0n) is 8.65. The third kappa shape index (κ3) is 2.50. The molecule has 2 N–H and O–H groups in total. The molecule has 9 heteroatoms. The Balaban J connectivity index is 2.39. The number of hydrogen-bond donors (Lipinski definition) is 1. The van der Waals surface area contributed by atoms with Gasteiger partial charge >= 0.3 is 5.69 Å². The van der Waals surface area contributed by atoms with Crippen molar-refractivity contribution < 1.29 is 4.92 Å². The van der Waals surface area contributed by atoms with Crippen molar-refractivity contribution in [3.8, 4) is 0 Å². The van der Waals surface area contributed by atoms with Crippen molar-refractivity contribution in [2.75, 3.05) is 5.73 Å². The van der Waals surface area contributed by atoms with E-state index in [1.54, 1.807) is 0 Å². The summed E-state index contributed by atoms with van der Waals surface area (Å²) in [5.74, 6) is -0.138. The fraction of sp³-hybridized carbons (Fsp3) is 0.125. The van der Waals surface area contributed by atoms with Gasteiger partial charge in [0.25, 0.3) is 0 Å². The Morgan fingerprint density at radius 3 is 2.88 bits per heavy atom. The third-order valence-electron chi connectivity index (χ3n) is 1.78. The first-order chi connectivity index (χ1) is 8.08. The van der Waals surface area contributed by atoms with Crippen LogP contribution >= 0.6 is 23.1 Å². The first-order valence-electron chi connectivity index (χ1n) is 4.43. The van der Waals surface area contributed by atoms with E-state index in [0.717, 1.165) is 17.5 Å². The van der Waals surface area contributed by atoms with Gasteiger partial charge < -0.3 is 5.73 Å². The number of aryl methyl sites for hydroxylation is 1. The average molecular weight is 269 g/mol. The lowest BCUT2D eigenvalue weighted by Gasteiger charge is -2.00. The van der Waals surface area contributed by atoms with Gasteiger partial charge in [0.05, 0.1) is 4.92 Å². The molecule has 0 spiro atoms. The quantitative estimate of drug-likeness (QED) is 0.514. The minimum atomic E-state index is -0.585. The Bertz CT molecular complexity index is 571. The van der Waals surface area contributed by atoms with Crippen LogP contribution in [0.2, 0.25) is 0 Å². The predicted octanol–water partition coefficient (Wildman–Crippen LogP) is 1.88. The van der Waals surface area contributed by atoms with Crippen molar-refractivity contribution in [1.82, 2.24) is 15.0 Å². The zero-order chi connectivity index (χ0) is 12.4. The lowest BCUT2D eigenvalue weighted by Crippen LogP contribution is -2.01. The summed E-state index contributed by atoms with van der Waals surface area (Å²) in [5.41, 5.74) is 6.05. The Hall–Kier alpha value is -1.74. The molecule has 0 amide bonds. The van der Waals surface area contributed by atoms with Crippen LogP contribution in [-0.4, -0.2) is 19.9 Å². The van der Waals surface area contributed by atoms with Gasteiger partial charge in [0, 0.05) is 11.1 Å². The molecule has 0 fully saturated rings. The highest BCUT2D eigenvalue weighted by atomic mass is 32.2. The molecule has 0 atom stereocenters. The first kappa shape index (κ1) is 11.7. The fourth-order valence-electron chi connectivity index (χ4n) is 1.08. The molecule has 0 aromatic carbocycles. The molecule has 0 aliphatic carbocycles. The summed E-state index contributed by atoms with van der Waals surface area (Å²) in [5, 5.41) is 12.9. The molecular weight excluding hydrogens is 262 g/mol. The van der Waals surface area contributed by atoms with Crippen LogP contribution in [-0.2, 0) is 0 Å². The maximum absolute atomic E-state index is 10.9. The summed E-state index contributed by atoms with van der Waals surface area (Å²) >= 11 is 2.51. The molecule has 2 aromatic rings. The monoisotopic (exact) mass is 269 g/mol. The number of nitrogens with zero attached hydrogens (tertiary/aromatic N) is 4. The van der Waals surface area contributed by atoms with E-state index in [1.807, 2.05) is 12.3 Å². The van der Waals surface area contributed by atoms with Gasteiger partial charge in [-0.25, -0.2) is 15.0 Å². The van der Waals surface area contributed by atoms with Crippen LogP contribution in [0.15, 0.2) is 21.1 Å². The Morgan fingerprint density at radius 2 is 2.29 bits per heavy atom. The summed E-state index contributed by atoms with van der Waals surface area (Å²) in [4.78, 5) is 21.9. The summed E-state index contributed by atoms with van der Waals surface area (Å²) in [7, 11) is 0. The minimum absolute atomic E-state index is 0.138. The minimum Gasteiger partial charge on any atom is -0.378 e. The van der Waals surface area contributed by atoms with Crippen LogP contribution in [0.4, 0.5) is 11.5 Å². The highest BCUT2D eigenvalue weighted by molar-refractivity contribution is 8.01. The van der Waals surface area contributed by atoms with E-state index in [2.05, 4.69) is 15.0 Å². The van der Waals surface area contributed by atoms with Crippen LogP contribution in [0.5, 0.6) is 0 Å². The topological polar surface area (TPSA) is 108 Å². The molecule has 2 aromatic heterocycles. The zero-order valence-corrected chi connectivity index (χ0v) is 10.3. The van der Waals surface area contributed by atoms with Crippen molar-refractivity contribution in [1.29, 1.82) is 0 Å². The Morgan fingerprint density at radius 1 is 1.53 bits per heavy atom. The summed E-state index contributed by atoms with van der Waals surface area (Å²) in [6, 6.07) is 0. The second-order valence-electron chi connectivity index (χ2n) is 3.03. The predicted molar refractivity (Wildman–Crippen MR) is 64.1 cm³/mol. The molecular formula is C8H7N5O2S2. The van der Waals surface area contributed by atoms with Gasteiger partial charge in [-0.3, -0.25) is 10.1 Å². The van der Waals surface area contributed by atoms with Crippen molar-refractivity contribution in [2.24, 2.45) is 0 Å². The van der Waals surface area contributed by atoms with Crippen LogP contribution < -0.4 is 5.73 Å². The number of hydrogen-bond acceptors (Lipinski definition) is 8. The standard InChI is InChI=1S/C8H7N5O2S2/c1-4-2-16-8(12-4)17-7-5(13(14)15)6(9)10-3-11-7/h2-3H,1H3,(H2,9,10,11). The molecule has 0 bridgehead atoms. The third-order valence-corrected chi connectivity index (χ3v) is 3.83. The SMILES string of the molecule is Cc1csc(Sc2ncnc(N)c2[N+](=O)[O-])n1. The van der Waals surface area contributed by atoms with Gasteiger partial charge in [0.15, 0.2) is 9.37 Å². The van der Waals surface area contributed by atoms with Gasteiger partial charge in [-0.2, -0.15) is 0 Å². The van der Waals surface area contributed by atoms with Crippen LogP contribution in [0.3, 0.4) is 0 Å². The molecule has 0 saturated carbocycles. The summed E-state index contributed by atoms with van der Waals surface area (Å²) in [6.45, 7) is 1.85. The lowest BCUT2D eigenvalue weighted by atomic mass is 10.5. The van der Waals surface area contributed by atoms with Gasteiger partial charge in [-0.15, -0.1) is 11.3 Å². The molecule has 17 heavy (non-hydrogen) atoms. The number of nitrogen functional groups attached to an aromatic ring is 1. The largest absolute Gasteiger partial charge is 0.378 e. The van der Waals surface area contributed by atoms with Crippen molar-refractivity contribution >= 4 is 34.6 Å². The van der Waals surface area contributed by atoms with Crippen LogP contribution in [0.25, 0.3) is 0 Å². The molecule has 0 aliphatic heterocycles.